The molecular formula is C24H33NO4. The highest BCUT2D eigenvalue weighted by atomic mass is 16.6. The third kappa shape index (κ3) is 1.77. The Hall–Kier alpha value is -0.910. The molecule has 0 aromatic carbocycles. The predicted octanol–water partition coefficient (Wildman–Crippen LogP) is 3.48. The quantitative estimate of drug-likeness (QED) is 0.499. The Bertz CT molecular complexity index is 813. The minimum Gasteiger partial charge on any atom is -0.459 e. The number of allylic oxidation sites excluding steroid dienone is 1. The van der Waals surface area contributed by atoms with Gasteiger partial charge >= 0.3 is 5.97 Å². The van der Waals surface area contributed by atoms with Crippen LogP contribution in [0.5, 0.6) is 0 Å². The molecule has 4 heterocycles. The molecule has 10 atom stereocenters. The highest BCUT2D eigenvalue weighted by molar-refractivity contribution is 5.66. The second-order valence-electron chi connectivity index (χ2n) is 11.5. The molecule has 29 heavy (non-hydrogen) atoms. The molecule has 7 bridgehead atoms. The van der Waals surface area contributed by atoms with Crippen molar-refractivity contribution in [2.45, 2.75) is 83.5 Å². The first kappa shape index (κ1) is 17.7. The van der Waals surface area contributed by atoms with Crippen LogP contribution in [0.4, 0.5) is 0 Å². The van der Waals surface area contributed by atoms with Crippen molar-refractivity contribution in [3.63, 3.8) is 0 Å². The van der Waals surface area contributed by atoms with Crippen LogP contribution >= 0.6 is 0 Å². The molecule has 0 radical (unpaired) electrons. The molecule has 5 saturated carbocycles. The van der Waals surface area contributed by atoms with Crippen molar-refractivity contribution in [3.05, 3.63) is 12.2 Å². The van der Waals surface area contributed by atoms with E-state index in [4.69, 9.17) is 14.2 Å². The molecule has 0 N–H and O–H groups in total. The number of piperidine rings is 1. The summed E-state index contributed by atoms with van der Waals surface area (Å²) in [5.74, 6) is 1.54. The molecule has 9 aliphatic rings. The number of rotatable bonds is 1. The van der Waals surface area contributed by atoms with Gasteiger partial charge in [-0.25, -0.2) is 4.90 Å². The lowest BCUT2D eigenvalue weighted by molar-refractivity contribution is -0.438. The van der Waals surface area contributed by atoms with E-state index in [1.54, 1.807) is 6.92 Å². The van der Waals surface area contributed by atoms with Crippen molar-refractivity contribution in [1.29, 1.82) is 0 Å². The van der Waals surface area contributed by atoms with Crippen LogP contribution in [-0.4, -0.2) is 48.7 Å². The van der Waals surface area contributed by atoms with Crippen LogP contribution in [0.15, 0.2) is 12.2 Å². The molecule has 9 rings (SSSR count). The highest BCUT2D eigenvalue weighted by Gasteiger charge is 2.82. The Balaban J connectivity index is 1.47. The maximum absolute atomic E-state index is 12.3. The average Bonchev–Trinajstić information content (AvgIpc) is 3.17. The van der Waals surface area contributed by atoms with Crippen LogP contribution in [0.1, 0.15) is 58.8 Å². The van der Waals surface area contributed by atoms with Crippen molar-refractivity contribution in [3.8, 4) is 0 Å². The molecule has 0 aromatic heterocycles. The van der Waals surface area contributed by atoms with Crippen LogP contribution in [0.25, 0.3) is 0 Å². The number of ether oxygens (including phenoxy) is 3. The molecule has 5 nitrogen and oxygen atoms in total. The Morgan fingerprint density at radius 2 is 2.14 bits per heavy atom. The summed E-state index contributed by atoms with van der Waals surface area (Å²) in [7, 11) is 0. The topological polar surface area (TPSA) is 48.0 Å². The van der Waals surface area contributed by atoms with Crippen LogP contribution in [0.3, 0.4) is 0 Å². The average molecular weight is 400 g/mol. The summed E-state index contributed by atoms with van der Waals surface area (Å²) in [5.41, 5.74) is 1.66. The normalized spacial score (nSPS) is 59.4. The number of carbonyl (C=O) groups excluding carboxylic acids is 1. The minimum absolute atomic E-state index is 0.00486. The van der Waals surface area contributed by atoms with Gasteiger partial charge in [-0.1, -0.05) is 25.5 Å². The molecule has 2 spiro atoms. The van der Waals surface area contributed by atoms with E-state index < -0.39 is 0 Å². The Labute approximate surface area is 173 Å². The van der Waals surface area contributed by atoms with Crippen LogP contribution < -0.4 is 0 Å². The fraction of sp³-hybridized carbons (Fsp3) is 0.875. The first-order chi connectivity index (χ1) is 13.9. The van der Waals surface area contributed by atoms with Gasteiger partial charge in [-0.2, -0.15) is 0 Å². The van der Waals surface area contributed by atoms with Crippen molar-refractivity contribution in [2.75, 3.05) is 13.2 Å². The molecule has 9 fully saturated rings. The van der Waals surface area contributed by atoms with Crippen LogP contribution in [0, 0.1) is 34.0 Å². The van der Waals surface area contributed by atoms with Gasteiger partial charge in [-0.05, 0) is 50.4 Å². The van der Waals surface area contributed by atoms with Gasteiger partial charge in [0.25, 0.3) is 0 Å². The standard InChI is InChI=1S/C24H33NO4/c1-13-12-23-8-5-15(13)11-16(23)24-7-4-6-22(3)18(24)17(28-14(2)26)19(23)29-21(24)25-9-10-27-20(22)25/h15-21H,1,4-12H2,2-3H3/t15-,16-,17+,18+,19+,20-,21+,22+,23-,24+/m1/s1. The van der Waals surface area contributed by atoms with Gasteiger partial charge in [0.1, 0.15) is 24.7 Å². The zero-order chi connectivity index (χ0) is 19.8. The highest BCUT2D eigenvalue weighted by Crippen LogP contribution is 2.79. The van der Waals surface area contributed by atoms with Crippen molar-refractivity contribution >= 4 is 5.97 Å². The van der Waals surface area contributed by atoms with E-state index in [9.17, 15) is 4.79 Å². The van der Waals surface area contributed by atoms with Crippen LogP contribution in [-0.2, 0) is 19.0 Å². The number of carbonyl (C=O) groups is 1. The van der Waals surface area contributed by atoms with E-state index >= 15 is 0 Å². The fourth-order valence-electron chi connectivity index (χ4n) is 10.1. The van der Waals surface area contributed by atoms with E-state index in [0.717, 1.165) is 26.0 Å². The second kappa shape index (κ2) is 5.28. The summed E-state index contributed by atoms with van der Waals surface area (Å²) in [6.07, 6.45) is 8.49. The number of fused-ring (bicyclic) bond motifs is 4. The summed E-state index contributed by atoms with van der Waals surface area (Å²) in [6, 6.07) is 0. The molecule has 4 aliphatic heterocycles. The molecular weight excluding hydrogens is 366 g/mol. The number of esters is 1. The monoisotopic (exact) mass is 399 g/mol. The third-order valence-corrected chi connectivity index (χ3v) is 10.6. The van der Waals surface area contributed by atoms with E-state index in [-0.39, 0.29) is 46.9 Å². The second-order valence-corrected chi connectivity index (χ2v) is 11.5. The van der Waals surface area contributed by atoms with E-state index in [1.807, 2.05) is 0 Å². The van der Waals surface area contributed by atoms with Gasteiger partial charge in [0.05, 0.1) is 6.61 Å². The van der Waals surface area contributed by atoms with Gasteiger partial charge in [0.2, 0.25) is 0 Å². The van der Waals surface area contributed by atoms with Gasteiger partial charge in [0.15, 0.2) is 0 Å². The fourth-order valence-corrected chi connectivity index (χ4v) is 10.1. The number of nitrogens with zero attached hydrogens (tertiary/aromatic N) is 1. The summed E-state index contributed by atoms with van der Waals surface area (Å²) < 4.78 is 19.6. The van der Waals surface area contributed by atoms with Gasteiger partial charge in [-0.15, -0.1) is 0 Å². The first-order valence-corrected chi connectivity index (χ1v) is 11.8. The molecule has 4 saturated heterocycles. The number of hydrogen-bond donors (Lipinski definition) is 0. The Morgan fingerprint density at radius 3 is 2.93 bits per heavy atom. The van der Waals surface area contributed by atoms with Gasteiger partial charge < -0.3 is 14.2 Å². The lowest BCUT2D eigenvalue weighted by atomic mass is 9.32. The Kier molecular flexibility index (Phi) is 3.23. The van der Waals surface area contributed by atoms with Gasteiger partial charge in [-0.3, -0.25) is 4.79 Å². The molecule has 0 amide bonds. The van der Waals surface area contributed by atoms with Crippen molar-refractivity contribution in [2.24, 2.45) is 34.0 Å². The summed E-state index contributed by atoms with van der Waals surface area (Å²) in [5, 5.41) is 0. The predicted molar refractivity (Wildman–Crippen MR) is 106 cm³/mol. The largest absolute Gasteiger partial charge is 0.459 e. The SMILES string of the molecule is C=C1C[C@]23CC[C@@H]1C[C@H]2[C@]12CCC[C@]4(C)[C@H]5OCCN5[C@H]1O[C@H]3[C@@H](OC(C)=O)[C@@H]42. The summed E-state index contributed by atoms with van der Waals surface area (Å²) in [4.78, 5) is 14.9. The molecule has 5 aliphatic carbocycles. The lowest BCUT2D eigenvalue weighted by Crippen LogP contribution is -2.85. The maximum Gasteiger partial charge on any atom is 0.303 e. The molecule has 0 unspecified atom stereocenters. The summed E-state index contributed by atoms with van der Waals surface area (Å²) >= 11 is 0. The van der Waals surface area contributed by atoms with Crippen molar-refractivity contribution < 1.29 is 19.0 Å². The third-order valence-electron chi connectivity index (χ3n) is 10.6. The first-order valence-electron chi connectivity index (χ1n) is 11.8. The molecule has 158 valence electrons. The van der Waals surface area contributed by atoms with Gasteiger partial charge in [0, 0.05) is 35.6 Å². The van der Waals surface area contributed by atoms with E-state index in [0.29, 0.717) is 17.8 Å². The Morgan fingerprint density at radius 1 is 1.28 bits per heavy atom. The molecule has 0 aromatic rings. The number of hydrogen-bond acceptors (Lipinski definition) is 5. The van der Waals surface area contributed by atoms with Crippen LogP contribution in [0.2, 0.25) is 0 Å². The summed E-state index contributed by atoms with van der Waals surface area (Å²) in [6.45, 7) is 10.2. The smallest absolute Gasteiger partial charge is 0.303 e. The van der Waals surface area contributed by atoms with E-state index in [2.05, 4.69) is 18.4 Å². The van der Waals surface area contributed by atoms with E-state index in [1.165, 1.54) is 37.7 Å². The maximum atomic E-state index is 12.3. The zero-order valence-corrected chi connectivity index (χ0v) is 17.7. The minimum atomic E-state index is -0.160. The van der Waals surface area contributed by atoms with Crippen molar-refractivity contribution in [1.82, 2.24) is 4.90 Å². The lowest BCUT2D eigenvalue weighted by Gasteiger charge is -2.80. The zero-order valence-electron chi connectivity index (χ0n) is 17.7. The molecule has 5 heteroatoms.